The summed E-state index contributed by atoms with van der Waals surface area (Å²) in [7, 11) is 1.54. The number of Topliss-reactive ketones (excluding diaryl/α,β-unsaturated/α-hetero) is 1. The minimum absolute atomic E-state index is 0.247. The smallest absolute Gasteiger partial charge is 0.298 e. The molecule has 3 aromatic heterocycles. The average Bonchev–Trinajstić information content (AvgIpc) is 3.16. The number of imidazole rings is 2. The van der Waals surface area contributed by atoms with E-state index < -0.39 is 17.3 Å². The first kappa shape index (κ1) is 19.2. The molecule has 8 nitrogen and oxygen atoms in total. The van der Waals surface area contributed by atoms with E-state index in [9.17, 15) is 14.4 Å². The third-order valence-electron chi connectivity index (χ3n) is 5.36. The van der Waals surface area contributed by atoms with Crippen LogP contribution in [0.25, 0.3) is 22.6 Å². The van der Waals surface area contributed by atoms with Crippen LogP contribution in [0.15, 0.2) is 34.0 Å². The predicted octanol–water partition coefficient (Wildman–Crippen LogP) is 2.56. The molecule has 0 spiro atoms. The lowest BCUT2D eigenvalue weighted by Crippen LogP contribution is -2.42. The number of carbonyl (C=O) groups is 1. The Kier molecular flexibility index (Phi) is 4.27. The highest BCUT2D eigenvalue weighted by atomic mass is 35.5. The summed E-state index contributed by atoms with van der Waals surface area (Å²) in [5.41, 5.74) is 2.06. The van der Waals surface area contributed by atoms with Crippen LogP contribution in [0.2, 0.25) is 5.02 Å². The number of nitrogens with zero attached hydrogens (tertiary/aromatic N) is 5. The molecule has 0 N–H and O–H groups in total. The molecule has 0 aliphatic rings. The van der Waals surface area contributed by atoms with E-state index in [0.717, 1.165) is 21.5 Å². The average molecular weight is 414 g/mol. The minimum Gasteiger partial charge on any atom is -0.298 e. The van der Waals surface area contributed by atoms with Gasteiger partial charge in [-0.05, 0) is 45.4 Å². The van der Waals surface area contributed by atoms with Crippen molar-refractivity contribution in [1.29, 1.82) is 0 Å². The Balaban J connectivity index is 2.17. The summed E-state index contributed by atoms with van der Waals surface area (Å²) in [6.45, 7) is 6.76. The summed E-state index contributed by atoms with van der Waals surface area (Å²) in [5, 5.41) is 0.581. The zero-order valence-electron chi connectivity index (χ0n) is 16.7. The lowest BCUT2D eigenvalue weighted by atomic mass is 10.2. The van der Waals surface area contributed by atoms with Crippen molar-refractivity contribution in [2.45, 2.75) is 33.7 Å². The molecule has 4 rings (SSSR count). The number of carbonyl (C=O) groups excluding carboxylic acids is 1. The fourth-order valence-corrected chi connectivity index (χ4v) is 3.79. The number of ketones is 1. The van der Waals surface area contributed by atoms with Crippen LogP contribution < -0.4 is 11.2 Å². The number of aryl methyl sites for hydroxylation is 3. The molecule has 1 aromatic carbocycles. The van der Waals surface area contributed by atoms with Crippen molar-refractivity contribution >= 4 is 34.3 Å². The molecule has 4 aromatic rings. The fourth-order valence-electron chi connectivity index (χ4n) is 3.62. The van der Waals surface area contributed by atoms with Crippen LogP contribution in [-0.2, 0) is 11.8 Å². The second kappa shape index (κ2) is 6.45. The van der Waals surface area contributed by atoms with E-state index in [-0.39, 0.29) is 16.9 Å². The molecule has 0 aliphatic heterocycles. The highest BCUT2D eigenvalue weighted by molar-refractivity contribution is 6.30. The molecule has 0 amide bonds. The van der Waals surface area contributed by atoms with Crippen molar-refractivity contribution in [2.24, 2.45) is 7.05 Å². The van der Waals surface area contributed by atoms with Gasteiger partial charge < -0.3 is 0 Å². The van der Waals surface area contributed by atoms with E-state index >= 15 is 0 Å². The highest BCUT2D eigenvalue weighted by Gasteiger charge is 2.24. The maximum atomic E-state index is 13.2. The van der Waals surface area contributed by atoms with Gasteiger partial charge in [0, 0.05) is 24.0 Å². The molecule has 1 atom stereocenters. The second-order valence-corrected chi connectivity index (χ2v) is 7.73. The van der Waals surface area contributed by atoms with Gasteiger partial charge in [0.2, 0.25) is 5.78 Å². The Morgan fingerprint density at radius 3 is 2.55 bits per heavy atom. The van der Waals surface area contributed by atoms with Gasteiger partial charge in [0.25, 0.3) is 5.56 Å². The second-order valence-electron chi connectivity index (χ2n) is 7.29. The maximum absolute atomic E-state index is 13.2. The zero-order valence-corrected chi connectivity index (χ0v) is 17.5. The van der Waals surface area contributed by atoms with E-state index in [0.29, 0.717) is 10.8 Å². The van der Waals surface area contributed by atoms with Gasteiger partial charge in [-0.25, -0.2) is 9.36 Å². The third-order valence-corrected chi connectivity index (χ3v) is 5.60. The molecule has 0 bridgehead atoms. The molecule has 150 valence electrons. The number of rotatable bonds is 3. The largest absolute Gasteiger partial charge is 0.333 e. The van der Waals surface area contributed by atoms with Gasteiger partial charge in [-0.3, -0.25) is 23.1 Å². The first-order chi connectivity index (χ1) is 13.6. The molecular formula is C20H20ClN5O3. The van der Waals surface area contributed by atoms with Crippen LogP contribution in [-0.4, -0.2) is 28.9 Å². The van der Waals surface area contributed by atoms with E-state index in [1.165, 1.54) is 11.5 Å². The van der Waals surface area contributed by atoms with Gasteiger partial charge in [-0.2, -0.15) is 4.98 Å². The van der Waals surface area contributed by atoms with Gasteiger partial charge in [0.05, 0.1) is 11.7 Å². The van der Waals surface area contributed by atoms with Crippen LogP contribution in [0.4, 0.5) is 0 Å². The molecule has 0 aliphatic carbocycles. The molecule has 3 heterocycles. The van der Waals surface area contributed by atoms with Crippen LogP contribution in [0.1, 0.15) is 31.1 Å². The molecule has 0 fully saturated rings. The highest BCUT2D eigenvalue weighted by Crippen LogP contribution is 2.25. The fraction of sp³-hybridized carbons (Fsp3) is 0.300. The van der Waals surface area contributed by atoms with Crippen molar-refractivity contribution in [3.05, 3.63) is 61.5 Å². The van der Waals surface area contributed by atoms with Crippen LogP contribution >= 0.6 is 11.6 Å². The summed E-state index contributed by atoms with van der Waals surface area (Å²) in [4.78, 5) is 42.4. The van der Waals surface area contributed by atoms with Crippen LogP contribution in [0.5, 0.6) is 0 Å². The summed E-state index contributed by atoms with van der Waals surface area (Å²) >= 11 is 6.20. The number of hydrogen-bond donors (Lipinski definition) is 0. The van der Waals surface area contributed by atoms with Crippen molar-refractivity contribution in [1.82, 2.24) is 23.1 Å². The molecule has 0 saturated carbocycles. The van der Waals surface area contributed by atoms with Crippen molar-refractivity contribution in [2.75, 3.05) is 0 Å². The quantitative estimate of drug-likeness (QED) is 0.516. The molecule has 0 unspecified atom stereocenters. The predicted molar refractivity (Wildman–Crippen MR) is 111 cm³/mol. The van der Waals surface area contributed by atoms with Gasteiger partial charge >= 0.3 is 5.69 Å². The monoisotopic (exact) mass is 413 g/mol. The SMILES string of the molecule is CC(=O)[C@H](C)n1c(=O)c2c(nc3n(-c4cc(Cl)ccc4C)c(C)cn23)n(C)c1=O. The van der Waals surface area contributed by atoms with E-state index in [4.69, 9.17) is 11.6 Å². The van der Waals surface area contributed by atoms with E-state index in [1.807, 2.05) is 36.6 Å². The zero-order chi connectivity index (χ0) is 21.2. The topological polar surface area (TPSA) is 83.3 Å². The number of benzene rings is 1. The number of halogens is 1. The van der Waals surface area contributed by atoms with E-state index in [1.54, 1.807) is 24.6 Å². The Morgan fingerprint density at radius 1 is 1.21 bits per heavy atom. The molecular weight excluding hydrogens is 394 g/mol. The van der Waals surface area contributed by atoms with Crippen LogP contribution in [0, 0.1) is 13.8 Å². The van der Waals surface area contributed by atoms with Crippen molar-refractivity contribution in [3.63, 3.8) is 0 Å². The van der Waals surface area contributed by atoms with Crippen molar-refractivity contribution in [3.8, 4) is 5.69 Å². The maximum Gasteiger partial charge on any atom is 0.333 e. The Labute approximate surface area is 170 Å². The van der Waals surface area contributed by atoms with Gasteiger partial charge in [0.1, 0.15) is 0 Å². The summed E-state index contributed by atoms with van der Waals surface area (Å²) in [6, 6.07) is 4.69. The van der Waals surface area contributed by atoms with Gasteiger partial charge in [-0.15, -0.1) is 0 Å². The molecule has 9 heteroatoms. The molecule has 0 saturated heterocycles. The van der Waals surface area contributed by atoms with Gasteiger partial charge in [0.15, 0.2) is 16.9 Å². The lowest BCUT2D eigenvalue weighted by Gasteiger charge is -2.12. The third kappa shape index (κ3) is 2.66. The summed E-state index contributed by atoms with van der Waals surface area (Å²) in [5.74, 6) is 0.218. The summed E-state index contributed by atoms with van der Waals surface area (Å²) < 4.78 is 5.84. The number of fused-ring (bicyclic) bond motifs is 3. The Hall–Kier alpha value is -3.13. The first-order valence-electron chi connectivity index (χ1n) is 9.12. The minimum atomic E-state index is -0.866. The van der Waals surface area contributed by atoms with Crippen molar-refractivity contribution < 1.29 is 4.79 Å². The van der Waals surface area contributed by atoms with Crippen LogP contribution in [0.3, 0.4) is 0 Å². The molecule has 0 radical (unpaired) electrons. The molecule has 29 heavy (non-hydrogen) atoms. The first-order valence-corrected chi connectivity index (χ1v) is 9.50. The van der Waals surface area contributed by atoms with Gasteiger partial charge in [-0.1, -0.05) is 17.7 Å². The Morgan fingerprint density at radius 2 is 1.90 bits per heavy atom. The number of hydrogen-bond acceptors (Lipinski definition) is 4. The summed E-state index contributed by atoms with van der Waals surface area (Å²) in [6.07, 6.45) is 1.79. The standard InChI is InChI=1S/C20H20ClN5O3/c1-10-6-7-14(21)8-15(10)25-11(2)9-24-16-17(22-19(24)25)23(5)20(29)26(18(16)28)12(3)13(4)27/h6-9,12H,1-5H3/t12-/m0/s1. The Bertz CT molecular complexity index is 1440. The van der Waals surface area contributed by atoms with E-state index in [2.05, 4.69) is 4.98 Å². The normalized spacial score (nSPS) is 12.8. The lowest BCUT2D eigenvalue weighted by molar-refractivity contribution is -0.119. The number of aromatic nitrogens is 5.